The van der Waals surface area contributed by atoms with Gasteiger partial charge < -0.3 is 20.4 Å². The largest absolute Gasteiger partial charge is 0.448 e. The number of oxazole rings is 1. The van der Waals surface area contributed by atoms with E-state index < -0.39 is 0 Å². The molecule has 6 heteroatoms. The molecule has 140 valence electrons. The van der Waals surface area contributed by atoms with Crippen LogP contribution >= 0.6 is 0 Å². The second-order valence-corrected chi connectivity index (χ2v) is 6.80. The van der Waals surface area contributed by atoms with Gasteiger partial charge in [0.05, 0.1) is 0 Å². The number of nitrogens with zero attached hydrogens (tertiary/aromatic N) is 1. The van der Waals surface area contributed by atoms with E-state index in [0.29, 0.717) is 30.6 Å². The van der Waals surface area contributed by atoms with Gasteiger partial charge in [-0.05, 0) is 37.4 Å². The lowest BCUT2D eigenvalue weighted by Crippen LogP contribution is -2.29. The summed E-state index contributed by atoms with van der Waals surface area (Å²) in [7, 11) is 0. The molecule has 0 atom stereocenters. The Hall–Kier alpha value is -2.86. The zero-order valence-electron chi connectivity index (χ0n) is 15.2. The minimum Gasteiger partial charge on any atom is -0.448 e. The van der Waals surface area contributed by atoms with Crippen LogP contribution in [-0.2, 0) is 0 Å². The fraction of sp³-hybridized carbons (Fsp3) is 0.333. The molecule has 1 aliphatic rings. The quantitative estimate of drug-likeness (QED) is 0.586. The Balaban J connectivity index is 1.29. The van der Waals surface area contributed by atoms with E-state index >= 15 is 0 Å². The van der Waals surface area contributed by atoms with Crippen molar-refractivity contribution in [2.75, 3.05) is 31.5 Å². The number of hydrogen-bond donors (Lipinski definition) is 3. The first-order valence-electron chi connectivity index (χ1n) is 9.47. The van der Waals surface area contributed by atoms with Gasteiger partial charge in [-0.1, -0.05) is 36.4 Å². The molecule has 0 radical (unpaired) electrons. The summed E-state index contributed by atoms with van der Waals surface area (Å²) in [5.41, 5.74) is 1.42. The Labute approximate surface area is 158 Å². The van der Waals surface area contributed by atoms with Crippen molar-refractivity contribution in [1.29, 1.82) is 0 Å². The summed E-state index contributed by atoms with van der Waals surface area (Å²) >= 11 is 0. The number of benzene rings is 2. The van der Waals surface area contributed by atoms with Crippen LogP contribution in [-0.4, -0.2) is 37.1 Å². The molecule has 4 rings (SSSR count). The van der Waals surface area contributed by atoms with Crippen LogP contribution in [0.4, 0.5) is 5.69 Å². The molecular weight excluding hydrogens is 340 g/mol. The highest BCUT2D eigenvalue weighted by Crippen LogP contribution is 2.24. The van der Waals surface area contributed by atoms with Gasteiger partial charge in [0.25, 0.3) is 5.91 Å². The van der Waals surface area contributed by atoms with Crippen molar-refractivity contribution < 1.29 is 9.21 Å². The molecule has 2 heterocycles. The Kier molecular flexibility index (Phi) is 5.34. The number of fused-ring (bicyclic) bond motifs is 1. The van der Waals surface area contributed by atoms with Crippen molar-refractivity contribution in [1.82, 2.24) is 15.6 Å². The van der Waals surface area contributed by atoms with Crippen molar-refractivity contribution in [3.05, 3.63) is 60.3 Å². The highest BCUT2D eigenvalue weighted by molar-refractivity contribution is 5.94. The molecule has 3 N–H and O–H groups in total. The number of carbonyl (C=O) groups is 1. The predicted octanol–water partition coefficient (Wildman–Crippen LogP) is 3.14. The summed E-state index contributed by atoms with van der Waals surface area (Å²) in [5.74, 6) is 0.787. The summed E-state index contributed by atoms with van der Waals surface area (Å²) in [6.07, 6.45) is 3.46. The van der Waals surface area contributed by atoms with Crippen LogP contribution in [0.15, 0.2) is 53.1 Å². The van der Waals surface area contributed by atoms with E-state index in [2.05, 4.69) is 39.1 Å². The molecular formula is C21H24N4O2. The minimum absolute atomic E-state index is 0.196. The molecule has 1 fully saturated rings. The van der Waals surface area contributed by atoms with Gasteiger partial charge in [0.1, 0.15) is 6.26 Å². The average molecular weight is 364 g/mol. The summed E-state index contributed by atoms with van der Waals surface area (Å²) in [6.45, 7) is 3.08. The fourth-order valence-corrected chi connectivity index (χ4v) is 3.49. The van der Waals surface area contributed by atoms with E-state index in [-0.39, 0.29) is 5.91 Å². The maximum atomic E-state index is 12.3. The number of hydrogen-bond acceptors (Lipinski definition) is 5. The van der Waals surface area contributed by atoms with Gasteiger partial charge in [-0.15, -0.1) is 0 Å². The van der Waals surface area contributed by atoms with Crippen LogP contribution in [0.1, 0.15) is 35.1 Å². The topological polar surface area (TPSA) is 79.2 Å². The van der Waals surface area contributed by atoms with E-state index in [1.54, 1.807) is 0 Å². The van der Waals surface area contributed by atoms with Gasteiger partial charge in [0.2, 0.25) is 0 Å². The molecule has 1 amide bonds. The lowest BCUT2D eigenvalue weighted by molar-refractivity contribution is 0.0950. The van der Waals surface area contributed by atoms with Crippen molar-refractivity contribution in [2.45, 2.75) is 18.8 Å². The number of anilines is 1. The minimum atomic E-state index is -0.196. The Morgan fingerprint density at radius 1 is 1.11 bits per heavy atom. The molecule has 0 spiro atoms. The van der Waals surface area contributed by atoms with Gasteiger partial charge >= 0.3 is 0 Å². The normalized spacial score (nSPS) is 15.0. The lowest BCUT2D eigenvalue weighted by atomic mass is 9.98. The lowest BCUT2D eigenvalue weighted by Gasteiger charge is -2.19. The first kappa shape index (κ1) is 17.5. The first-order valence-corrected chi connectivity index (χ1v) is 9.47. The van der Waals surface area contributed by atoms with Gasteiger partial charge in [-0.25, -0.2) is 4.98 Å². The smallest absolute Gasteiger partial charge is 0.273 e. The fourth-order valence-electron chi connectivity index (χ4n) is 3.49. The number of rotatable bonds is 6. The third-order valence-electron chi connectivity index (χ3n) is 4.96. The third-order valence-corrected chi connectivity index (χ3v) is 4.96. The van der Waals surface area contributed by atoms with Crippen LogP contribution in [0.3, 0.4) is 0 Å². The maximum absolute atomic E-state index is 12.3. The highest BCUT2D eigenvalue weighted by atomic mass is 16.3. The number of nitrogens with one attached hydrogen (secondary N) is 3. The van der Waals surface area contributed by atoms with Crippen LogP contribution in [0, 0.1) is 0 Å². The Bertz CT molecular complexity index is 910. The molecule has 0 saturated carbocycles. The second-order valence-electron chi connectivity index (χ2n) is 6.80. The average Bonchev–Trinajstić information content (AvgIpc) is 3.22. The molecule has 0 aliphatic carbocycles. The maximum Gasteiger partial charge on any atom is 0.273 e. The van der Waals surface area contributed by atoms with Gasteiger partial charge in [0.15, 0.2) is 11.6 Å². The summed E-state index contributed by atoms with van der Waals surface area (Å²) in [5, 5.41) is 12.0. The van der Waals surface area contributed by atoms with Crippen molar-refractivity contribution in [3.63, 3.8) is 0 Å². The predicted molar refractivity (Wildman–Crippen MR) is 106 cm³/mol. The SMILES string of the molecule is O=C(NCCNc1cccc2ccccc12)c1coc(C2CCNCC2)n1. The van der Waals surface area contributed by atoms with Crippen LogP contribution in [0.2, 0.25) is 0 Å². The molecule has 0 unspecified atom stereocenters. The molecule has 3 aromatic rings. The molecule has 2 aromatic carbocycles. The van der Waals surface area contributed by atoms with Gasteiger partial charge in [-0.3, -0.25) is 4.79 Å². The van der Waals surface area contributed by atoms with Crippen molar-refractivity contribution in [3.8, 4) is 0 Å². The monoisotopic (exact) mass is 364 g/mol. The van der Waals surface area contributed by atoms with Crippen molar-refractivity contribution in [2.24, 2.45) is 0 Å². The number of carbonyl (C=O) groups excluding carboxylic acids is 1. The van der Waals surface area contributed by atoms with E-state index in [0.717, 1.165) is 31.6 Å². The van der Waals surface area contributed by atoms with E-state index in [4.69, 9.17) is 4.42 Å². The number of piperidine rings is 1. The Morgan fingerprint density at radius 3 is 2.81 bits per heavy atom. The first-order chi connectivity index (χ1) is 13.3. The van der Waals surface area contributed by atoms with E-state index in [1.165, 1.54) is 17.0 Å². The van der Waals surface area contributed by atoms with Crippen LogP contribution < -0.4 is 16.0 Å². The highest BCUT2D eigenvalue weighted by Gasteiger charge is 2.21. The molecule has 1 aromatic heterocycles. The van der Waals surface area contributed by atoms with Gasteiger partial charge in [0, 0.05) is 30.1 Å². The molecule has 27 heavy (non-hydrogen) atoms. The zero-order chi connectivity index (χ0) is 18.5. The van der Waals surface area contributed by atoms with Gasteiger partial charge in [-0.2, -0.15) is 0 Å². The number of amides is 1. The molecule has 1 aliphatic heterocycles. The summed E-state index contributed by atoms with van der Waals surface area (Å²) in [6, 6.07) is 14.4. The number of aromatic nitrogens is 1. The van der Waals surface area contributed by atoms with E-state index in [9.17, 15) is 4.79 Å². The van der Waals surface area contributed by atoms with Crippen LogP contribution in [0.5, 0.6) is 0 Å². The van der Waals surface area contributed by atoms with Crippen LogP contribution in [0.25, 0.3) is 10.8 Å². The summed E-state index contributed by atoms with van der Waals surface area (Å²) < 4.78 is 5.53. The molecule has 0 bridgehead atoms. The van der Waals surface area contributed by atoms with Crippen molar-refractivity contribution >= 4 is 22.4 Å². The third kappa shape index (κ3) is 4.11. The summed E-state index contributed by atoms with van der Waals surface area (Å²) in [4.78, 5) is 16.7. The Morgan fingerprint density at radius 2 is 1.93 bits per heavy atom. The molecule has 1 saturated heterocycles. The second kappa shape index (κ2) is 8.22. The zero-order valence-corrected chi connectivity index (χ0v) is 15.2. The molecule has 6 nitrogen and oxygen atoms in total. The standard InChI is InChI=1S/C21H24N4O2/c26-20(19-14-27-21(25-19)16-8-10-22-11-9-16)24-13-12-23-18-7-3-5-15-4-1-2-6-17(15)18/h1-7,14,16,22-23H,8-13H2,(H,24,26). The van der Waals surface area contributed by atoms with E-state index in [1.807, 2.05) is 24.3 Å².